The molecular weight excluding hydrogens is 506 g/mol. The molecule has 0 fully saturated rings. The van der Waals surface area contributed by atoms with Gasteiger partial charge in [-0.3, -0.25) is 4.79 Å². The zero-order valence-electron chi connectivity index (χ0n) is 22.2. The fraction of sp³-hybridized carbons (Fsp3) is 0.156. The molecule has 1 aliphatic heterocycles. The molecule has 8 nitrogen and oxygen atoms in total. The summed E-state index contributed by atoms with van der Waals surface area (Å²) in [7, 11) is 0. The van der Waals surface area contributed by atoms with E-state index < -0.39 is 5.97 Å². The SMILES string of the molecule is Cc1cc(C(=O)COC(=O)c2cn(-c3ccccc3)nc2-c2ccccc2)c(C)n1Cc1ccc2c(c1)OCO2. The molecule has 1 aliphatic rings. The van der Waals surface area contributed by atoms with Crippen LogP contribution in [0, 0.1) is 13.8 Å². The molecule has 0 N–H and O–H groups in total. The topological polar surface area (TPSA) is 84.6 Å². The second kappa shape index (κ2) is 10.6. The van der Waals surface area contributed by atoms with Gasteiger partial charge in [-0.1, -0.05) is 54.6 Å². The normalized spacial score (nSPS) is 11.9. The molecule has 0 bridgehead atoms. The number of ether oxygens (including phenoxy) is 3. The molecule has 0 unspecified atom stereocenters. The van der Waals surface area contributed by atoms with Crippen molar-refractivity contribution >= 4 is 11.8 Å². The molecule has 0 spiro atoms. The fourth-order valence-corrected chi connectivity index (χ4v) is 4.88. The van der Waals surface area contributed by atoms with E-state index >= 15 is 0 Å². The molecule has 0 radical (unpaired) electrons. The lowest BCUT2D eigenvalue weighted by Crippen LogP contribution is -2.15. The van der Waals surface area contributed by atoms with Crippen molar-refractivity contribution < 1.29 is 23.8 Å². The zero-order chi connectivity index (χ0) is 27.6. The highest BCUT2D eigenvalue weighted by Crippen LogP contribution is 2.33. The second-order valence-electron chi connectivity index (χ2n) is 9.60. The Morgan fingerprint density at radius 1 is 0.875 bits per heavy atom. The minimum absolute atomic E-state index is 0.220. The number of hydrogen-bond donors (Lipinski definition) is 0. The highest BCUT2D eigenvalue weighted by molar-refractivity contribution is 6.01. The van der Waals surface area contributed by atoms with Crippen LogP contribution in [0.1, 0.15) is 37.7 Å². The Balaban J connectivity index is 1.20. The summed E-state index contributed by atoms with van der Waals surface area (Å²) in [4.78, 5) is 26.5. The summed E-state index contributed by atoms with van der Waals surface area (Å²) in [6.45, 7) is 4.26. The molecule has 3 aromatic carbocycles. The van der Waals surface area contributed by atoms with Gasteiger partial charge in [0.25, 0.3) is 0 Å². The van der Waals surface area contributed by atoms with E-state index in [1.54, 1.807) is 10.9 Å². The summed E-state index contributed by atoms with van der Waals surface area (Å²) in [6, 6.07) is 26.6. The first-order valence-corrected chi connectivity index (χ1v) is 12.9. The molecule has 0 saturated carbocycles. The van der Waals surface area contributed by atoms with Crippen LogP contribution in [0.4, 0.5) is 0 Å². The number of para-hydroxylation sites is 1. The maximum absolute atomic E-state index is 13.3. The van der Waals surface area contributed by atoms with Gasteiger partial charge in [-0.2, -0.15) is 5.10 Å². The van der Waals surface area contributed by atoms with Gasteiger partial charge in [0.15, 0.2) is 18.1 Å². The number of fused-ring (bicyclic) bond motifs is 1. The molecule has 0 amide bonds. The van der Waals surface area contributed by atoms with E-state index in [-0.39, 0.29) is 24.7 Å². The minimum atomic E-state index is -0.608. The van der Waals surface area contributed by atoms with E-state index in [0.29, 0.717) is 23.6 Å². The molecule has 200 valence electrons. The van der Waals surface area contributed by atoms with Gasteiger partial charge in [0.2, 0.25) is 12.6 Å². The molecule has 0 saturated heterocycles. The van der Waals surface area contributed by atoms with Crippen LogP contribution in [-0.2, 0) is 11.3 Å². The number of carbonyl (C=O) groups is 2. The predicted octanol–water partition coefficient (Wildman–Crippen LogP) is 5.77. The van der Waals surface area contributed by atoms with Crippen molar-refractivity contribution in [3.8, 4) is 28.4 Å². The van der Waals surface area contributed by atoms with Gasteiger partial charge in [-0.25, -0.2) is 9.48 Å². The van der Waals surface area contributed by atoms with Crippen molar-refractivity contribution in [1.29, 1.82) is 0 Å². The van der Waals surface area contributed by atoms with Crippen molar-refractivity contribution in [3.63, 3.8) is 0 Å². The summed E-state index contributed by atoms with van der Waals surface area (Å²) in [5.74, 6) is 0.569. The van der Waals surface area contributed by atoms with Crippen molar-refractivity contribution in [3.05, 3.63) is 119 Å². The lowest BCUT2D eigenvalue weighted by molar-refractivity contribution is 0.0475. The summed E-state index contributed by atoms with van der Waals surface area (Å²) in [5.41, 5.74) is 5.65. The van der Waals surface area contributed by atoms with Crippen LogP contribution in [0.15, 0.2) is 91.1 Å². The number of carbonyl (C=O) groups excluding carboxylic acids is 2. The number of rotatable bonds is 8. The second-order valence-corrected chi connectivity index (χ2v) is 9.60. The maximum atomic E-state index is 13.3. The van der Waals surface area contributed by atoms with Gasteiger partial charge >= 0.3 is 5.97 Å². The number of esters is 1. The Morgan fingerprint density at radius 2 is 1.60 bits per heavy atom. The largest absolute Gasteiger partial charge is 0.454 e. The molecule has 5 aromatic rings. The van der Waals surface area contributed by atoms with E-state index in [1.807, 2.05) is 98.8 Å². The van der Waals surface area contributed by atoms with Crippen LogP contribution in [0.3, 0.4) is 0 Å². The average molecular weight is 534 g/mol. The molecule has 6 rings (SSSR count). The maximum Gasteiger partial charge on any atom is 0.342 e. The number of aromatic nitrogens is 3. The highest BCUT2D eigenvalue weighted by Gasteiger charge is 2.23. The van der Waals surface area contributed by atoms with Crippen LogP contribution in [0.2, 0.25) is 0 Å². The minimum Gasteiger partial charge on any atom is -0.454 e. The van der Waals surface area contributed by atoms with Crippen molar-refractivity contribution in [1.82, 2.24) is 14.3 Å². The lowest BCUT2D eigenvalue weighted by Gasteiger charge is -2.11. The van der Waals surface area contributed by atoms with Crippen LogP contribution in [0.25, 0.3) is 16.9 Å². The lowest BCUT2D eigenvalue weighted by atomic mass is 10.1. The number of Topliss-reactive ketones (excluding diaryl/α,β-unsaturated/α-hetero) is 1. The molecule has 0 aliphatic carbocycles. The number of aryl methyl sites for hydroxylation is 1. The highest BCUT2D eigenvalue weighted by atomic mass is 16.7. The molecule has 2 aromatic heterocycles. The first kappa shape index (κ1) is 25.2. The Morgan fingerprint density at radius 3 is 2.38 bits per heavy atom. The Kier molecular flexibility index (Phi) is 6.66. The van der Waals surface area contributed by atoms with Gasteiger partial charge in [-0.05, 0) is 49.7 Å². The number of nitrogens with zero attached hydrogens (tertiary/aromatic N) is 3. The third-order valence-electron chi connectivity index (χ3n) is 6.99. The van der Waals surface area contributed by atoms with Crippen molar-refractivity contribution in [2.75, 3.05) is 13.4 Å². The first-order valence-electron chi connectivity index (χ1n) is 12.9. The molecule has 3 heterocycles. The number of benzene rings is 3. The molecule has 40 heavy (non-hydrogen) atoms. The Hall–Kier alpha value is -5.11. The standard InChI is InChI=1S/C32H27N3O5/c1-21-15-26(22(2)34(21)17-23-13-14-29-30(16-23)40-20-39-29)28(36)19-38-32(37)27-18-35(25-11-7-4-8-12-25)33-31(27)24-9-5-3-6-10-24/h3-16,18H,17,19-20H2,1-2H3. The van der Waals surface area contributed by atoms with Gasteiger partial charge in [0.05, 0.1) is 5.69 Å². The average Bonchev–Trinajstić information content (AvgIpc) is 3.71. The van der Waals surface area contributed by atoms with E-state index in [4.69, 9.17) is 14.2 Å². The zero-order valence-corrected chi connectivity index (χ0v) is 22.2. The summed E-state index contributed by atoms with van der Waals surface area (Å²) >= 11 is 0. The van der Waals surface area contributed by atoms with Gasteiger partial charge in [-0.15, -0.1) is 0 Å². The van der Waals surface area contributed by atoms with Gasteiger partial charge in [0.1, 0.15) is 11.3 Å². The smallest absolute Gasteiger partial charge is 0.342 e. The van der Waals surface area contributed by atoms with E-state index in [0.717, 1.165) is 34.0 Å². The Labute approximate surface area is 231 Å². The van der Waals surface area contributed by atoms with Gasteiger partial charge in [0, 0.05) is 35.3 Å². The van der Waals surface area contributed by atoms with E-state index in [2.05, 4.69) is 9.67 Å². The van der Waals surface area contributed by atoms with E-state index in [9.17, 15) is 9.59 Å². The third-order valence-corrected chi connectivity index (χ3v) is 6.99. The fourth-order valence-electron chi connectivity index (χ4n) is 4.88. The third kappa shape index (κ3) is 4.87. The quantitative estimate of drug-likeness (QED) is 0.186. The first-order chi connectivity index (χ1) is 19.5. The number of hydrogen-bond acceptors (Lipinski definition) is 6. The summed E-state index contributed by atoms with van der Waals surface area (Å²) in [6.07, 6.45) is 1.64. The van der Waals surface area contributed by atoms with E-state index in [1.165, 1.54) is 0 Å². The van der Waals surface area contributed by atoms with Crippen molar-refractivity contribution in [2.45, 2.75) is 20.4 Å². The van der Waals surface area contributed by atoms with Crippen LogP contribution >= 0.6 is 0 Å². The van der Waals surface area contributed by atoms with Crippen molar-refractivity contribution in [2.24, 2.45) is 0 Å². The van der Waals surface area contributed by atoms with Crippen LogP contribution in [0.5, 0.6) is 11.5 Å². The Bertz CT molecular complexity index is 1700. The van der Waals surface area contributed by atoms with Crippen LogP contribution < -0.4 is 9.47 Å². The molecular formula is C32H27N3O5. The van der Waals surface area contributed by atoms with Crippen LogP contribution in [-0.4, -0.2) is 39.5 Å². The predicted molar refractivity (Wildman–Crippen MR) is 149 cm³/mol. The summed E-state index contributed by atoms with van der Waals surface area (Å²) < 4.78 is 20.1. The molecule has 8 heteroatoms. The summed E-state index contributed by atoms with van der Waals surface area (Å²) in [5, 5.41) is 4.66. The number of ketones is 1. The van der Waals surface area contributed by atoms with Gasteiger partial charge < -0.3 is 18.8 Å². The molecule has 0 atom stereocenters. The monoisotopic (exact) mass is 533 g/mol.